The first-order valence-corrected chi connectivity index (χ1v) is 9.04. The number of ether oxygens (including phenoxy) is 2. The fraction of sp³-hybridized carbons (Fsp3) is 0.632. The van der Waals surface area contributed by atoms with Gasteiger partial charge in [0.15, 0.2) is 0 Å². The lowest BCUT2D eigenvalue weighted by Crippen LogP contribution is -2.43. The molecule has 2 fully saturated rings. The van der Waals surface area contributed by atoms with Crippen molar-refractivity contribution in [3.05, 3.63) is 35.4 Å². The highest BCUT2D eigenvalue weighted by Crippen LogP contribution is 2.29. The molecule has 2 amide bonds. The molecule has 1 saturated heterocycles. The van der Waals surface area contributed by atoms with Gasteiger partial charge in [-0.05, 0) is 37.3 Å². The summed E-state index contributed by atoms with van der Waals surface area (Å²) < 4.78 is 11.0. The SMILES string of the molecule is CCOCc1ccccc1CNC(=O)N(CC1CCOC1)C1CC1. The smallest absolute Gasteiger partial charge is 0.317 e. The minimum Gasteiger partial charge on any atom is -0.381 e. The lowest BCUT2D eigenvalue weighted by atomic mass is 10.1. The molecule has 132 valence electrons. The lowest BCUT2D eigenvalue weighted by Gasteiger charge is -2.25. The van der Waals surface area contributed by atoms with E-state index in [-0.39, 0.29) is 6.03 Å². The van der Waals surface area contributed by atoms with E-state index in [2.05, 4.69) is 17.4 Å². The van der Waals surface area contributed by atoms with Gasteiger partial charge in [0.05, 0.1) is 13.2 Å². The summed E-state index contributed by atoms with van der Waals surface area (Å²) in [6.45, 7) is 6.26. The van der Waals surface area contributed by atoms with Crippen molar-refractivity contribution in [1.82, 2.24) is 10.2 Å². The van der Waals surface area contributed by atoms with E-state index < -0.39 is 0 Å². The summed E-state index contributed by atoms with van der Waals surface area (Å²) in [5, 5.41) is 3.10. The molecule has 1 aromatic rings. The van der Waals surface area contributed by atoms with E-state index in [1.54, 1.807) is 0 Å². The Balaban J connectivity index is 1.55. The van der Waals surface area contributed by atoms with Gasteiger partial charge in [-0.1, -0.05) is 24.3 Å². The predicted molar refractivity (Wildman–Crippen MR) is 92.7 cm³/mol. The Morgan fingerprint density at radius 1 is 1.29 bits per heavy atom. The first kappa shape index (κ1) is 17.2. The van der Waals surface area contributed by atoms with E-state index in [0.29, 0.717) is 31.7 Å². The third-order valence-corrected chi connectivity index (χ3v) is 4.74. The van der Waals surface area contributed by atoms with Crippen LogP contribution in [0, 0.1) is 5.92 Å². The van der Waals surface area contributed by atoms with Crippen LogP contribution < -0.4 is 5.32 Å². The van der Waals surface area contributed by atoms with Crippen LogP contribution in [0.2, 0.25) is 0 Å². The molecular weight excluding hydrogens is 304 g/mol. The highest BCUT2D eigenvalue weighted by molar-refractivity contribution is 5.75. The van der Waals surface area contributed by atoms with Crippen LogP contribution in [0.15, 0.2) is 24.3 Å². The molecule has 1 aliphatic heterocycles. The maximum atomic E-state index is 12.7. The van der Waals surface area contributed by atoms with Crippen molar-refractivity contribution in [1.29, 1.82) is 0 Å². The van der Waals surface area contributed by atoms with Gasteiger partial charge in [0.25, 0.3) is 0 Å². The number of nitrogens with zero attached hydrogens (tertiary/aromatic N) is 1. The molecule has 0 aromatic heterocycles. The number of benzene rings is 1. The lowest BCUT2D eigenvalue weighted by molar-refractivity contribution is 0.133. The molecule has 1 saturated carbocycles. The quantitative estimate of drug-likeness (QED) is 0.796. The van der Waals surface area contributed by atoms with E-state index >= 15 is 0 Å². The van der Waals surface area contributed by atoms with Crippen molar-refractivity contribution in [2.75, 3.05) is 26.4 Å². The molecule has 1 aromatic carbocycles. The number of urea groups is 1. The van der Waals surface area contributed by atoms with Gasteiger partial charge < -0.3 is 19.7 Å². The Morgan fingerprint density at radius 2 is 2.08 bits per heavy atom. The van der Waals surface area contributed by atoms with Gasteiger partial charge in [-0.15, -0.1) is 0 Å². The van der Waals surface area contributed by atoms with Crippen LogP contribution in [0.25, 0.3) is 0 Å². The van der Waals surface area contributed by atoms with E-state index in [0.717, 1.165) is 50.1 Å². The summed E-state index contributed by atoms with van der Waals surface area (Å²) in [6.07, 6.45) is 3.32. The second kappa shape index (κ2) is 8.49. The summed E-state index contributed by atoms with van der Waals surface area (Å²) in [5.41, 5.74) is 2.26. The molecule has 0 bridgehead atoms. The number of nitrogens with one attached hydrogen (secondary N) is 1. The molecule has 1 N–H and O–H groups in total. The normalized spacial score (nSPS) is 20.1. The second-order valence-corrected chi connectivity index (χ2v) is 6.68. The molecule has 1 atom stereocenters. The Morgan fingerprint density at radius 3 is 2.75 bits per heavy atom. The fourth-order valence-corrected chi connectivity index (χ4v) is 3.14. The molecule has 3 rings (SSSR count). The summed E-state index contributed by atoms with van der Waals surface area (Å²) in [6, 6.07) is 8.61. The summed E-state index contributed by atoms with van der Waals surface area (Å²) in [7, 11) is 0. The maximum absolute atomic E-state index is 12.7. The van der Waals surface area contributed by atoms with Crippen molar-refractivity contribution < 1.29 is 14.3 Å². The number of hydrogen-bond acceptors (Lipinski definition) is 3. The van der Waals surface area contributed by atoms with Gasteiger partial charge in [-0.2, -0.15) is 0 Å². The number of rotatable bonds is 8. The van der Waals surface area contributed by atoms with E-state index in [4.69, 9.17) is 9.47 Å². The molecule has 0 spiro atoms. The first-order valence-electron chi connectivity index (χ1n) is 9.04. The van der Waals surface area contributed by atoms with Gasteiger partial charge in [-0.3, -0.25) is 0 Å². The van der Waals surface area contributed by atoms with Crippen LogP contribution in [-0.2, 0) is 22.6 Å². The average molecular weight is 332 g/mol. The molecule has 1 aliphatic carbocycles. The maximum Gasteiger partial charge on any atom is 0.317 e. The molecule has 5 heteroatoms. The zero-order valence-corrected chi connectivity index (χ0v) is 14.5. The van der Waals surface area contributed by atoms with Crippen molar-refractivity contribution in [3.8, 4) is 0 Å². The van der Waals surface area contributed by atoms with Gasteiger partial charge in [0.2, 0.25) is 0 Å². The number of hydrogen-bond donors (Lipinski definition) is 1. The predicted octanol–water partition coefficient (Wildman–Crippen LogP) is 2.93. The Bertz CT molecular complexity index is 539. The molecule has 0 radical (unpaired) electrons. The third-order valence-electron chi connectivity index (χ3n) is 4.74. The molecule has 2 aliphatic rings. The third kappa shape index (κ3) is 4.71. The largest absolute Gasteiger partial charge is 0.381 e. The van der Waals surface area contributed by atoms with E-state index in [1.807, 2.05) is 24.0 Å². The molecule has 1 heterocycles. The van der Waals surface area contributed by atoms with Crippen LogP contribution in [0.5, 0.6) is 0 Å². The fourth-order valence-electron chi connectivity index (χ4n) is 3.14. The summed E-state index contributed by atoms with van der Waals surface area (Å²) >= 11 is 0. The molecule has 24 heavy (non-hydrogen) atoms. The molecule has 5 nitrogen and oxygen atoms in total. The van der Waals surface area contributed by atoms with Gasteiger partial charge in [0.1, 0.15) is 0 Å². The zero-order valence-electron chi connectivity index (χ0n) is 14.5. The van der Waals surface area contributed by atoms with E-state index in [9.17, 15) is 4.79 Å². The Hall–Kier alpha value is -1.59. The van der Waals surface area contributed by atoms with Crippen LogP contribution in [0.1, 0.15) is 37.3 Å². The zero-order chi connectivity index (χ0) is 16.8. The van der Waals surface area contributed by atoms with Crippen LogP contribution in [-0.4, -0.2) is 43.3 Å². The van der Waals surface area contributed by atoms with Crippen LogP contribution in [0.3, 0.4) is 0 Å². The molecular formula is C19H28N2O3. The van der Waals surface area contributed by atoms with Gasteiger partial charge in [-0.25, -0.2) is 4.79 Å². The number of carbonyl (C=O) groups is 1. The molecule has 1 unspecified atom stereocenters. The Labute approximate surface area is 144 Å². The van der Waals surface area contributed by atoms with Crippen LogP contribution in [0.4, 0.5) is 4.79 Å². The van der Waals surface area contributed by atoms with Gasteiger partial charge >= 0.3 is 6.03 Å². The Kier molecular flexibility index (Phi) is 6.10. The van der Waals surface area contributed by atoms with Crippen molar-refractivity contribution in [2.45, 2.75) is 45.4 Å². The van der Waals surface area contributed by atoms with Gasteiger partial charge in [0, 0.05) is 38.3 Å². The van der Waals surface area contributed by atoms with Crippen LogP contribution >= 0.6 is 0 Å². The topological polar surface area (TPSA) is 50.8 Å². The summed E-state index contributed by atoms with van der Waals surface area (Å²) in [5.74, 6) is 0.488. The average Bonchev–Trinajstić information content (AvgIpc) is 3.32. The monoisotopic (exact) mass is 332 g/mol. The van der Waals surface area contributed by atoms with E-state index in [1.165, 1.54) is 0 Å². The van der Waals surface area contributed by atoms with Crippen molar-refractivity contribution in [2.24, 2.45) is 5.92 Å². The van der Waals surface area contributed by atoms with Crippen molar-refractivity contribution >= 4 is 6.03 Å². The highest BCUT2D eigenvalue weighted by Gasteiger charge is 2.34. The van der Waals surface area contributed by atoms with Crippen molar-refractivity contribution in [3.63, 3.8) is 0 Å². The minimum absolute atomic E-state index is 0.0515. The standard InChI is InChI=1S/C19H28N2O3/c1-2-23-14-17-6-4-3-5-16(17)11-20-19(22)21(18-7-8-18)12-15-9-10-24-13-15/h3-6,15,18H,2,7-14H2,1H3,(H,20,22). The first-order chi connectivity index (χ1) is 11.8. The minimum atomic E-state index is 0.0515. The highest BCUT2D eigenvalue weighted by atomic mass is 16.5. The number of amides is 2. The summed E-state index contributed by atoms with van der Waals surface area (Å²) in [4.78, 5) is 14.7. The number of carbonyl (C=O) groups excluding carboxylic acids is 1. The second-order valence-electron chi connectivity index (χ2n) is 6.68.